The summed E-state index contributed by atoms with van der Waals surface area (Å²) in [6.45, 7) is 11.1. The third kappa shape index (κ3) is 4.99. The molecular weight excluding hydrogens is 340 g/mol. The first-order valence-electron chi connectivity index (χ1n) is 10.3. The number of hydrogen-bond donors (Lipinski definition) is 0. The number of pyridine rings is 1. The lowest BCUT2D eigenvalue weighted by atomic mass is 9.89. The zero-order valence-corrected chi connectivity index (χ0v) is 17.1. The van der Waals surface area contributed by atoms with Crippen molar-refractivity contribution < 1.29 is 4.79 Å². The molecule has 1 amide bonds. The first-order valence-corrected chi connectivity index (χ1v) is 10.3. The van der Waals surface area contributed by atoms with Crippen molar-refractivity contribution in [3.05, 3.63) is 34.2 Å². The van der Waals surface area contributed by atoms with E-state index in [1.165, 1.54) is 0 Å². The third-order valence-corrected chi connectivity index (χ3v) is 6.51. The fraction of sp³-hybridized carbons (Fsp3) is 0.714. The summed E-state index contributed by atoms with van der Waals surface area (Å²) in [5.41, 5.74) is 0.887. The lowest BCUT2D eigenvalue weighted by Crippen LogP contribution is -2.52. The van der Waals surface area contributed by atoms with Gasteiger partial charge in [-0.25, -0.2) is 0 Å². The largest absolute Gasteiger partial charge is 0.343 e. The van der Waals surface area contributed by atoms with Gasteiger partial charge < -0.3 is 14.4 Å². The van der Waals surface area contributed by atoms with Crippen LogP contribution in [0.15, 0.2) is 23.0 Å². The van der Waals surface area contributed by atoms with Crippen molar-refractivity contribution in [2.45, 2.75) is 45.7 Å². The number of likely N-dealkylation sites (tertiary alicyclic amines) is 1. The van der Waals surface area contributed by atoms with Gasteiger partial charge in [-0.15, -0.1) is 0 Å². The van der Waals surface area contributed by atoms with Gasteiger partial charge in [0, 0.05) is 70.0 Å². The zero-order chi connectivity index (χ0) is 19.4. The van der Waals surface area contributed by atoms with E-state index in [1.807, 2.05) is 17.9 Å². The molecular formula is C21H34N4O2. The fourth-order valence-corrected chi connectivity index (χ4v) is 4.43. The summed E-state index contributed by atoms with van der Waals surface area (Å²) < 4.78 is 1.69. The van der Waals surface area contributed by atoms with E-state index < -0.39 is 0 Å². The zero-order valence-electron chi connectivity index (χ0n) is 17.1. The van der Waals surface area contributed by atoms with Crippen LogP contribution in [0.3, 0.4) is 0 Å². The smallest absolute Gasteiger partial charge is 0.250 e. The standard InChI is InChI=1S/C21H34N4O2/c1-17-5-4-6-21(27)25(17)12-9-20(26)24-10-7-19(8-11-24)18(2)23-15-13-22(3)14-16-23/h4-6,18-19H,7-16H2,1-3H3/t18-/m1/s1. The van der Waals surface area contributed by atoms with Crippen LogP contribution >= 0.6 is 0 Å². The molecule has 2 aliphatic heterocycles. The minimum absolute atomic E-state index is 0.0255. The fourth-order valence-electron chi connectivity index (χ4n) is 4.43. The number of aromatic nitrogens is 1. The summed E-state index contributed by atoms with van der Waals surface area (Å²) in [5, 5.41) is 0. The van der Waals surface area contributed by atoms with Gasteiger partial charge in [0.2, 0.25) is 5.91 Å². The highest BCUT2D eigenvalue weighted by atomic mass is 16.2. The van der Waals surface area contributed by atoms with Gasteiger partial charge in [0.05, 0.1) is 0 Å². The van der Waals surface area contributed by atoms with Crippen LogP contribution in [-0.2, 0) is 11.3 Å². The second-order valence-corrected chi connectivity index (χ2v) is 8.21. The predicted octanol–water partition coefficient (Wildman–Crippen LogP) is 1.42. The van der Waals surface area contributed by atoms with E-state index in [0.717, 1.165) is 57.8 Å². The third-order valence-electron chi connectivity index (χ3n) is 6.51. The lowest BCUT2D eigenvalue weighted by molar-refractivity contribution is -0.133. The molecule has 0 saturated carbocycles. The van der Waals surface area contributed by atoms with Gasteiger partial charge in [-0.3, -0.25) is 14.5 Å². The van der Waals surface area contributed by atoms with E-state index in [0.29, 0.717) is 24.9 Å². The topological polar surface area (TPSA) is 48.8 Å². The minimum Gasteiger partial charge on any atom is -0.343 e. The highest BCUT2D eigenvalue weighted by Gasteiger charge is 2.30. The molecule has 0 N–H and O–H groups in total. The van der Waals surface area contributed by atoms with Gasteiger partial charge in [0.15, 0.2) is 0 Å². The van der Waals surface area contributed by atoms with Crippen LogP contribution < -0.4 is 5.56 Å². The Bertz CT molecular complexity index is 686. The van der Waals surface area contributed by atoms with E-state index >= 15 is 0 Å². The SMILES string of the molecule is Cc1cccc(=O)n1CCC(=O)N1CCC([C@@H](C)N2CCN(C)CC2)CC1. The number of nitrogens with zero attached hydrogens (tertiary/aromatic N) is 4. The molecule has 2 saturated heterocycles. The van der Waals surface area contributed by atoms with Crippen LogP contribution in [0.4, 0.5) is 0 Å². The van der Waals surface area contributed by atoms with Crippen molar-refractivity contribution in [3.8, 4) is 0 Å². The maximum Gasteiger partial charge on any atom is 0.250 e. The second kappa shape index (κ2) is 9.02. The van der Waals surface area contributed by atoms with Crippen LogP contribution in [0.2, 0.25) is 0 Å². The molecule has 6 heteroatoms. The minimum atomic E-state index is -0.0255. The second-order valence-electron chi connectivity index (χ2n) is 8.21. The van der Waals surface area contributed by atoms with Gasteiger partial charge in [-0.1, -0.05) is 6.07 Å². The van der Waals surface area contributed by atoms with Gasteiger partial charge in [-0.05, 0) is 45.7 Å². The molecule has 3 rings (SSSR count). The highest BCUT2D eigenvalue weighted by molar-refractivity contribution is 5.76. The Morgan fingerprint density at radius 3 is 2.41 bits per heavy atom. The quantitative estimate of drug-likeness (QED) is 0.782. The van der Waals surface area contributed by atoms with Gasteiger partial charge in [-0.2, -0.15) is 0 Å². The molecule has 0 unspecified atom stereocenters. The molecule has 3 heterocycles. The van der Waals surface area contributed by atoms with Gasteiger partial charge in [0.25, 0.3) is 5.56 Å². The lowest BCUT2D eigenvalue weighted by Gasteiger charge is -2.42. The Balaban J connectivity index is 1.46. The number of carbonyl (C=O) groups is 1. The van der Waals surface area contributed by atoms with Crippen molar-refractivity contribution in [1.29, 1.82) is 0 Å². The number of hydrogen-bond acceptors (Lipinski definition) is 4. The Morgan fingerprint density at radius 2 is 1.78 bits per heavy atom. The summed E-state index contributed by atoms with van der Waals surface area (Å²) in [7, 11) is 2.19. The van der Waals surface area contributed by atoms with E-state index in [1.54, 1.807) is 16.7 Å². The summed E-state index contributed by atoms with van der Waals surface area (Å²) in [5.74, 6) is 0.854. The van der Waals surface area contributed by atoms with E-state index in [4.69, 9.17) is 0 Å². The molecule has 1 aromatic heterocycles. The summed E-state index contributed by atoms with van der Waals surface area (Å²) >= 11 is 0. The molecule has 0 spiro atoms. The number of piperazine rings is 1. The van der Waals surface area contributed by atoms with Crippen molar-refractivity contribution >= 4 is 5.91 Å². The molecule has 0 bridgehead atoms. The first-order chi connectivity index (χ1) is 13.0. The molecule has 0 radical (unpaired) electrons. The van der Waals surface area contributed by atoms with E-state index in [9.17, 15) is 9.59 Å². The molecule has 2 aliphatic rings. The Hall–Kier alpha value is -1.66. The molecule has 0 aromatic carbocycles. The Labute approximate surface area is 162 Å². The first kappa shape index (κ1) is 20.1. The maximum atomic E-state index is 12.6. The van der Waals surface area contributed by atoms with Crippen molar-refractivity contribution in [2.24, 2.45) is 5.92 Å². The average Bonchev–Trinajstić information content (AvgIpc) is 2.67. The summed E-state index contributed by atoms with van der Waals surface area (Å²) in [6.07, 6.45) is 2.58. The van der Waals surface area contributed by atoms with Gasteiger partial charge in [0.1, 0.15) is 0 Å². The highest BCUT2D eigenvalue weighted by Crippen LogP contribution is 2.25. The van der Waals surface area contributed by atoms with Crippen LogP contribution in [-0.4, -0.2) is 77.5 Å². The molecule has 1 aromatic rings. The number of piperidine rings is 1. The van der Waals surface area contributed by atoms with E-state index in [2.05, 4.69) is 23.8 Å². The monoisotopic (exact) mass is 374 g/mol. The molecule has 0 aliphatic carbocycles. The van der Waals surface area contributed by atoms with Crippen LogP contribution in [0.1, 0.15) is 31.9 Å². The van der Waals surface area contributed by atoms with Gasteiger partial charge >= 0.3 is 0 Å². The number of amides is 1. The van der Waals surface area contributed by atoms with Crippen molar-refractivity contribution in [1.82, 2.24) is 19.3 Å². The molecule has 6 nitrogen and oxygen atoms in total. The number of rotatable bonds is 5. The molecule has 150 valence electrons. The number of carbonyl (C=O) groups excluding carboxylic acids is 1. The van der Waals surface area contributed by atoms with Crippen molar-refractivity contribution in [2.75, 3.05) is 46.3 Å². The van der Waals surface area contributed by atoms with Crippen LogP contribution in [0, 0.1) is 12.8 Å². The molecule has 27 heavy (non-hydrogen) atoms. The normalized spacial score (nSPS) is 21.4. The maximum absolute atomic E-state index is 12.6. The number of likely N-dealkylation sites (N-methyl/N-ethyl adjacent to an activating group) is 1. The molecule has 2 fully saturated rings. The van der Waals surface area contributed by atoms with Crippen LogP contribution in [0.25, 0.3) is 0 Å². The predicted molar refractivity (Wildman–Crippen MR) is 108 cm³/mol. The summed E-state index contributed by atoms with van der Waals surface area (Å²) in [6, 6.07) is 5.84. The van der Waals surface area contributed by atoms with Crippen molar-refractivity contribution in [3.63, 3.8) is 0 Å². The Kier molecular flexibility index (Phi) is 6.71. The Morgan fingerprint density at radius 1 is 1.11 bits per heavy atom. The summed E-state index contributed by atoms with van der Waals surface area (Å²) in [4.78, 5) is 31.6. The number of aryl methyl sites for hydroxylation is 1. The van der Waals surface area contributed by atoms with Crippen LogP contribution in [0.5, 0.6) is 0 Å². The molecule has 1 atom stereocenters. The van der Waals surface area contributed by atoms with E-state index in [-0.39, 0.29) is 11.5 Å². The average molecular weight is 375 g/mol.